The van der Waals surface area contributed by atoms with Crippen molar-refractivity contribution in [3.8, 4) is 11.5 Å². The molecule has 0 fully saturated rings. The normalized spacial score (nSPS) is 16.1. The minimum atomic E-state index is -5.89. The van der Waals surface area contributed by atoms with Crippen LogP contribution in [0.4, 0.5) is 18.9 Å². The highest BCUT2D eigenvalue weighted by molar-refractivity contribution is 7.88. The summed E-state index contributed by atoms with van der Waals surface area (Å²) in [5, 5.41) is 2.94. The fraction of sp³-hybridized carbons (Fsp3) is 0.300. The van der Waals surface area contributed by atoms with Gasteiger partial charge in [0.25, 0.3) is 5.91 Å². The van der Waals surface area contributed by atoms with Crippen LogP contribution < -0.4 is 19.1 Å². The van der Waals surface area contributed by atoms with Crippen molar-refractivity contribution in [3.05, 3.63) is 47.0 Å². The summed E-state index contributed by atoms with van der Waals surface area (Å²) >= 11 is 0.804. The number of alkyl halides is 3. The number of thiophene rings is 1. The van der Waals surface area contributed by atoms with E-state index in [1.54, 1.807) is 25.1 Å². The fourth-order valence-corrected chi connectivity index (χ4v) is 5.18. The molecule has 13 heteroatoms. The van der Waals surface area contributed by atoms with Crippen LogP contribution in [0.5, 0.6) is 11.5 Å². The van der Waals surface area contributed by atoms with Gasteiger partial charge in [-0.1, -0.05) is 18.2 Å². The second-order valence-corrected chi connectivity index (χ2v) is 9.90. The summed E-state index contributed by atoms with van der Waals surface area (Å²) in [4.78, 5) is 19.1. The molecule has 176 valence electrons. The summed E-state index contributed by atoms with van der Waals surface area (Å²) in [5.41, 5.74) is -4.30. The smallest absolute Gasteiger partial charge is 0.493 e. The lowest BCUT2D eigenvalue weighted by atomic mass is 10.0. The third-order valence-corrected chi connectivity index (χ3v) is 7.06. The summed E-state index contributed by atoms with van der Waals surface area (Å²) in [6, 6.07) is 7.96. The van der Waals surface area contributed by atoms with Crippen LogP contribution in [-0.2, 0) is 10.1 Å². The first-order chi connectivity index (χ1) is 15.5. The van der Waals surface area contributed by atoms with Gasteiger partial charge in [-0.25, -0.2) is 0 Å². The van der Waals surface area contributed by atoms with E-state index >= 15 is 0 Å². The lowest BCUT2D eigenvalue weighted by Crippen LogP contribution is -2.32. The molecule has 3 heterocycles. The molecule has 3 aromatic rings. The molecule has 0 saturated heterocycles. The molecule has 2 aromatic heterocycles. The first-order valence-electron chi connectivity index (χ1n) is 9.62. The third-order valence-electron chi connectivity index (χ3n) is 4.91. The number of benzene rings is 1. The lowest BCUT2D eigenvalue weighted by Gasteiger charge is -2.26. The fourth-order valence-electron chi connectivity index (χ4n) is 3.47. The van der Waals surface area contributed by atoms with Gasteiger partial charge >= 0.3 is 15.6 Å². The summed E-state index contributed by atoms with van der Waals surface area (Å²) in [5.74, 6) is -0.373. The van der Waals surface area contributed by atoms with Crippen molar-refractivity contribution in [1.29, 1.82) is 0 Å². The Hall–Kier alpha value is -3.06. The number of ether oxygens (including phenoxy) is 1. The molecule has 0 saturated carbocycles. The molecule has 0 aliphatic carbocycles. The van der Waals surface area contributed by atoms with Gasteiger partial charge in [-0.15, -0.1) is 11.3 Å². The highest BCUT2D eigenvalue weighted by Gasteiger charge is 2.49. The predicted molar refractivity (Wildman–Crippen MR) is 116 cm³/mol. The summed E-state index contributed by atoms with van der Waals surface area (Å²) in [6.45, 7) is 0.407. The second-order valence-electron chi connectivity index (χ2n) is 7.35. The molecule has 33 heavy (non-hydrogen) atoms. The average molecular weight is 502 g/mol. The first kappa shape index (κ1) is 23.1. The minimum absolute atomic E-state index is 0.00607. The van der Waals surface area contributed by atoms with Crippen molar-refractivity contribution < 1.29 is 35.3 Å². The number of amides is 1. The Kier molecular flexibility index (Phi) is 5.86. The number of carbonyl (C=O) groups excluding carboxylic acids is 1. The Balaban J connectivity index is 1.74. The number of nitrogens with zero attached hydrogens (tertiary/aromatic N) is 2. The largest absolute Gasteiger partial charge is 0.534 e. The Morgan fingerprint density at radius 3 is 2.70 bits per heavy atom. The average Bonchev–Trinajstić information content (AvgIpc) is 3.14. The summed E-state index contributed by atoms with van der Waals surface area (Å²) < 4.78 is 71.6. The Morgan fingerprint density at radius 2 is 2.00 bits per heavy atom. The molecule has 4 rings (SSSR count). The van der Waals surface area contributed by atoms with Crippen molar-refractivity contribution in [2.45, 2.75) is 18.0 Å². The molecule has 1 aliphatic heterocycles. The maximum absolute atomic E-state index is 13.2. The zero-order valence-corrected chi connectivity index (χ0v) is 19.0. The van der Waals surface area contributed by atoms with E-state index in [4.69, 9.17) is 4.74 Å². The van der Waals surface area contributed by atoms with E-state index in [0.29, 0.717) is 24.5 Å². The molecular weight excluding hydrogens is 483 g/mol. The summed E-state index contributed by atoms with van der Waals surface area (Å²) in [6.07, 6.45) is 1.65. The number of halogens is 3. The standard InChI is InChI=1S/C20H18F3N3O5S2/c1-26(2)16-15-17(14(7-9-24-15)31-33(28,29)20(21,22)23)32-18(16)19(27)25-12-8-10-30-13-6-4-3-5-11(12)13/h3-7,9,12H,8,10H2,1-2H3,(H,25,27)/t12-/m0/s1. The van der Waals surface area contributed by atoms with E-state index in [0.717, 1.165) is 29.2 Å². The zero-order valence-electron chi connectivity index (χ0n) is 17.3. The minimum Gasteiger partial charge on any atom is -0.493 e. The van der Waals surface area contributed by atoms with E-state index in [1.165, 1.54) is 0 Å². The van der Waals surface area contributed by atoms with E-state index in [9.17, 15) is 26.4 Å². The topological polar surface area (TPSA) is 97.8 Å². The van der Waals surface area contributed by atoms with Gasteiger partial charge in [0.1, 0.15) is 16.1 Å². The quantitative estimate of drug-likeness (QED) is 0.419. The number of carbonyl (C=O) groups is 1. The van der Waals surface area contributed by atoms with E-state index in [2.05, 4.69) is 14.5 Å². The number of anilines is 1. The van der Waals surface area contributed by atoms with Gasteiger partial charge in [0, 0.05) is 38.3 Å². The zero-order chi connectivity index (χ0) is 24.0. The van der Waals surface area contributed by atoms with Crippen molar-refractivity contribution in [2.75, 3.05) is 25.6 Å². The van der Waals surface area contributed by atoms with Gasteiger partial charge in [-0.2, -0.15) is 21.6 Å². The molecule has 8 nitrogen and oxygen atoms in total. The number of hydrogen-bond donors (Lipinski definition) is 1. The number of hydrogen-bond acceptors (Lipinski definition) is 8. The van der Waals surface area contributed by atoms with E-state index in [1.807, 2.05) is 18.2 Å². The van der Waals surface area contributed by atoms with Crippen LogP contribution in [0.15, 0.2) is 36.5 Å². The van der Waals surface area contributed by atoms with Gasteiger partial charge in [-0.3, -0.25) is 9.78 Å². The van der Waals surface area contributed by atoms with Crippen LogP contribution in [0.1, 0.15) is 27.7 Å². The highest BCUT2D eigenvalue weighted by Crippen LogP contribution is 2.42. The highest BCUT2D eigenvalue weighted by atomic mass is 32.2. The molecule has 0 unspecified atom stereocenters. The Bertz CT molecular complexity index is 1320. The lowest BCUT2D eigenvalue weighted by molar-refractivity contribution is -0.0499. The molecule has 1 aromatic carbocycles. The van der Waals surface area contributed by atoms with Gasteiger partial charge in [0.2, 0.25) is 0 Å². The molecular formula is C20H18F3N3O5S2. The first-order valence-corrected chi connectivity index (χ1v) is 11.8. The van der Waals surface area contributed by atoms with Gasteiger partial charge in [0.15, 0.2) is 5.75 Å². The van der Waals surface area contributed by atoms with Gasteiger partial charge in [0.05, 0.1) is 23.0 Å². The number of pyridine rings is 1. The SMILES string of the molecule is CN(C)c1c(C(=O)N[C@H]2CCOc3ccccc32)sc2c(OS(=O)(=O)C(F)(F)F)ccnc12. The predicted octanol–water partition coefficient (Wildman–Crippen LogP) is 3.84. The molecule has 0 radical (unpaired) electrons. The van der Waals surface area contributed by atoms with Crippen LogP contribution in [0.3, 0.4) is 0 Å². The van der Waals surface area contributed by atoms with Crippen LogP contribution in [0.2, 0.25) is 0 Å². The molecule has 1 atom stereocenters. The number of fused-ring (bicyclic) bond motifs is 2. The Labute approximate surface area is 191 Å². The van der Waals surface area contributed by atoms with Crippen molar-refractivity contribution >= 4 is 43.3 Å². The van der Waals surface area contributed by atoms with Crippen LogP contribution in [-0.4, -0.2) is 45.5 Å². The number of nitrogens with one attached hydrogen (secondary N) is 1. The van der Waals surface area contributed by atoms with E-state index < -0.39 is 27.3 Å². The second kappa shape index (κ2) is 8.37. The molecule has 1 N–H and O–H groups in total. The monoisotopic (exact) mass is 501 g/mol. The maximum Gasteiger partial charge on any atom is 0.534 e. The van der Waals surface area contributed by atoms with Crippen molar-refractivity contribution in [1.82, 2.24) is 10.3 Å². The van der Waals surface area contributed by atoms with Crippen LogP contribution in [0, 0.1) is 0 Å². The van der Waals surface area contributed by atoms with Crippen molar-refractivity contribution in [3.63, 3.8) is 0 Å². The van der Waals surface area contributed by atoms with Gasteiger partial charge < -0.3 is 19.1 Å². The summed E-state index contributed by atoms with van der Waals surface area (Å²) in [7, 11) is -2.61. The number of para-hydroxylation sites is 1. The molecule has 1 amide bonds. The number of aromatic nitrogens is 1. The van der Waals surface area contributed by atoms with Crippen molar-refractivity contribution in [2.24, 2.45) is 0 Å². The Morgan fingerprint density at radius 1 is 1.27 bits per heavy atom. The van der Waals surface area contributed by atoms with E-state index in [-0.39, 0.29) is 21.1 Å². The molecule has 0 bridgehead atoms. The molecule has 1 aliphatic rings. The van der Waals surface area contributed by atoms with Crippen LogP contribution >= 0.6 is 11.3 Å². The maximum atomic E-state index is 13.2. The number of rotatable bonds is 5. The van der Waals surface area contributed by atoms with Crippen LogP contribution in [0.25, 0.3) is 10.2 Å². The third kappa shape index (κ3) is 4.29. The molecule has 0 spiro atoms. The van der Waals surface area contributed by atoms with Gasteiger partial charge in [-0.05, 0) is 6.07 Å².